The van der Waals surface area contributed by atoms with E-state index in [0.29, 0.717) is 0 Å². The average molecular weight is 267 g/mol. The Morgan fingerprint density at radius 2 is 2.06 bits per heavy atom. The van der Waals surface area contributed by atoms with Crippen molar-refractivity contribution in [2.75, 3.05) is 14.2 Å². The number of cyclic esters (lactones) is 1. The molecule has 0 N–H and O–H groups in total. The molecular weight excluding hydrogens is 255 g/mol. The van der Waals surface area contributed by atoms with Crippen LogP contribution in [0.2, 0.25) is 0 Å². The molecule has 0 amide bonds. The summed E-state index contributed by atoms with van der Waals surface area (Å²) in [5.74, 6) is -0.687. The Bertz CT molecular complexity index is 336. The van der Waals surface area contributed by atoms with Gasteiger partial charge in [-0.25, -0.2) is 4.79 Å². The number of esters is 1. The smallest absolute Gasteiger partial charge is 0.352 e. The lowest BCUT2D eigenvalue weighted by molar-refractivity contribution is -0.209. The van der Waals surface area contributed by atoms with Gasteiger partial charge < -0.3 is 14.2 Å². The van der Waals surface area contributed by atoms with Crippen molar-refractivity contribution in [3.05, 3.63) is 22.7 Å². The molecule has 0 aromatic rings. The Morgan fingerprint density at radius 3 is 2.38 bits per heavy atom. The van der Waals surface area contributed by atoms with E-state index in [-0.39, 0.29) is 16.5 Å². The molecule has 0 saturated carbocycles. The summed E-state index contributed by atoms with van der Waals surface area (Å²) >= 11 is 11.7. The summed E-state index contributed by atoms with van der Waals surface area (Å²) in [4.78, 5) is 11.4. The molecule has 1 rings (SSSR count). The van der Waals surface area contributed by atoms with Gasteiger partial charge in [0.25, 0.3) is 0 Å². The fraction of sp³-hybridized carbons (Fsp3) is 0.500. The number of carbonyl (C=O) groups is 1. The lowest BCUT2D eigenvalue weighted by Gasteiger charge is -2.33. The summed E-state index contributed by atoms with van der Waals surface area (Å²) in [7, 11) is 2.84. The van der Waals surface area contributed by atoms with E-state index in [1.807, 2.05) is 0 Å². The molecule has 90 valence electrons. The molecule has 0 aliphatic carbocycles. The van der Waals surface area contributed by atoms with E-state index in [4.69, 9.17) is 37.4 Å². The predicted octanol–water partition coefficient (Wildman–Crippen LogP) is 2.17. The van der Waals surface area contributed by atoms with E-state index >= 15 is 0 Å². The van der Waals surface area contributed by atoms with Crippen LogP contribution >= 0.6 is 23.2 Å². The minimum Gasteiger partial charge on any atom is -0.443 e. The van der Waals surface area contributed by atoms with E-state index < -0.39 is 17.9 Å². The highest BCUT2D eigenvalue weighted by Gasteiger charge is 2.52. The summed E-state index contributed by atoms with van der Waals surface area (Å²) < 4.78 is 15.3. The van der Waals surface area contributed by atoms with E-state index in [0.717, 1.165) is 0 Å². The minimum absolute atomic E-state index is 0.0766. The zero-order valence-electron chi connectivity index (χ0n) is 8.96. The Balaban J connectivity index is 3.18. The maximum absolute atomic E-state index is 11.4. The molecule has 0 radical (unpaired) electrons. The molecule has 0 bridgehead atoms. The van der Waals surface area contributed by atoms with Gasteiger partial charge in [-0.1, -0.05) is 29.3 Å². The second-order valence-corrected chi connectivity index (χ2v) is 3.96. The number of carbonyl (C=O) groups excluding carboxylic acids is 1. The van der Waals surface area contributed by atoms with Crippen molar-refractivity contribution in [1.82, 2.24) is 0 Å². The van der Waals surface area contributed by atoms with Gasteiger partial charge in [-0.3, -0.25) is 0 Å². The Kier molecular flexibility index (Phi) is 4.38. The number of rotatable bonds is 5. The van der Waals surface area contributed by atoms with Crippen LogP contribution in [0.25, 0.3) is 0 Å². The maximum Gasteiger partial charge on any atom is 0.352 e. The first-order valence-corrected chi connectivity index (χ1v) is 5.24. The van der Waals surface area contributed by atoms with Gasteiger partial charge in [0.15, 0.2) is 0 Å². The first-order chi connectivity index (χ1) is 7.53. The molecular formula is C10H12Cl2O4. The molecule has 0 aromatic heterocycles. The molecule has 0 fully saturated rings. The van der Waals surface area contributed by atoms with Crippen LogP contribution in [0.1, 0.15) is 6.42 Å². The Hall–Kier alpha value is -0.550. The fourth-order valence-corrected chi connectivity index (χ4v) is 2.08. The van der Waals surface area contributed by atoms with Crippen molar-refractivity contribution in [2.24, 2.45) is 0 Å². The molecule has 1 atom stereocenters. The van der Waals surface area contributed by atoms with E-state index in [1.54, 1.807) is 6.08 Å². The number of hydrogen-bond acceptors (Lipinski definition) is 4. The van der Waals surface area contributed by atoms with Gasteiger partial charge in [-0.05, 0) is 0 Å². The van der Waals surface area contributed by atoms with Crippen LogP contribution in [0.3, 0.4) is 0 Å². The Morgan fingerprint density at radius 1 is 1.50 bits per heavy atom. The highest BCUT2D eigenvalue weighted by atomic mass is 35.5. The highest BCUT2D eigenvalue weighted by molar-refractivity contribution is 6.49. The van der Waals surface area contributed by atoms with Gasteiger partial charge in [-0.2, -0.15) is 0 Å². The summed E-state index contributed by atoms with van der Waals surface area (Å²) in [5.41, 5.74) is -1.24. The molecule has 0 unspecified atom stereocenters. The molecule has 16 heavy (non-hydrogen) atoms. The lowest BCUT2D eigenvalue weighted by atomic mass is 9.99. The van der Waals surface area contributed by atoms with Crippen molar-refractivity contribution in [3.63, 3.8) is 0 Å². The van der Waals surface area contributed by atoms with Crippen LogP contribution in [0, 0.1) is 0 Å². The molecule has 0 aromatic carbocycles. The second kappa shape index (κ2) is 5.19. The van der Waals surface area contributed by atoms with E-state index in [9.17, 15) is 4.79 Å². The molecule has 1 aliphatic rings. The van der Waals surface area contributed by atoms with Crippen molar-refractivity contribution < 1.29 is 19.0 Å². The van der Waals surface area contributed by atoms with E-state index in [2.05, 4.69) is 6.58 Å². The SMILES string of the molecule is C=CC[C@]1(C(OC)OC)OC(=O)C(Cl)=C1Cl. The topological polar surface area (TPSA) is 44.8 Å². The first-order valence-electron chi connectivity index (χ1n) is 4.49. The van der Waals surface area contributed by atoms with Crippen molar-refractivity contribution >= 4 is 29.2 Å². The quantitative estimate of drug-likeness (QED) is 0.435. The van der Waals surface area contributed by atoms with Gasteiger partial charge >= 0.3 is 5.97 Å². The number of halogens is 2. The van der Waals surface area contributed by atoms with Gasteiger partial charge in [-0.15, -0.1) is 6.58 Å². The normalized spacial score (nSPS) is 25.2. The van der Waals surface area contributed by atoms with Crippen molar-refractivity contribution in [2.45, 2.75) is 18.3 Å². The summed E-state index contributed by atoms with van der Waals surface area (Å²) in [5, 5.41) is -0.0737. The molecule has 0 spiro atoms. The second-order valence-electron chi connectivity index (χ2n) is 3.20. The molecule has 6 heteroatoms. The zero-order chi connectivity index (χ0) is 12.3. The standard InChI is InChI=1S/C10H12Cl2O4/c1-4-5-10(9(14-2)15-3)7(12)6(11)8(13)16-10/h4,9H,1,5H2,2-3H3/t10-/m0/s1. The third-order valence-corrected chi connectivity index (χ3v) is 3.22. The Labute approximate surface area is 104 Å². The number of ether oxygens (including phenoxy) is 3. The fourth-order valence-electron chi connectivity index (χ4n) is 1.60. The lowest BCUT2D eigenvalue weighted by Crippen LogP contribution is -2.45. The highest BCUT2D eigenvalue weighted by Crippen LogP contribution is 2.43. The van der Waals surface area contributed by atoms with E-state index in [1.165, 1.54) is 14.2 Å². The third kappa shape index (κ3) is 1.98. The third-order valence-electron chi connectivity index (χ3n) is 2.27. The van der Waals surface area contributed by atoms with Crippen molar-refractivity contribution in [3.8, 4) is 0 Å². The van der Waals surface area contributed by atoms with Gasteiger partial charge in [0.05, 0.1) is 5.03 Å². The van der Waals surface area contributed by atoms with Crippen LogP contribution in [-0.2, 0) is 19.0 Å². The summed E-state index contributed by atoms with van der Waals surface area (Å²) in [6, 6.07) is 0. The van der Waals surface area contributed by atoms with Gasteiger partial charge in [0.1, 0.15) is 5.03 Å². The van der Waals surface area contributed by atoms with Crippen LogP contribution in [0.15, 0.2) is 22.7 Å². The summed E-state index contributed by atoms with van der Waals surface area (Å²) in [6.45, 7) is 3.58. The minimum atomic E-state index is -1.24. The van der Waals surface area contributed by atoms with Crippen LogP contribution in [0.5, 0.6) is 0 Å². The first kappa shape index (κ1) is 13.5. The van der Waals surface area contributed by atoms with Crippen LogP contribution in [-0.4, -0.2) is 32.1 Å². The monoisotopic (exact) mass is 266 g/mol. The zero-order valence-corrected chi connectivity index (χ0v) is 10.5. The predicted molar refractivity (Wildman–Crippen MR) is 60.2 cm³/mol. The van der Waals surface area contributed by atoms with Crippen molar-refractivity contribution in [1.29, 1.82) is 0 Å². The number of methoxy groups -OCH3 is 2. The van der Waals surface area contributed by atoms with Gasteiger partial charge in [0, 0.05) is 20.6 Å². The maximum atomic E-state index is 11.4. The number of hydrogen-bond donors (Lipinski definition) is 0. The van der Waals surface area contributed by atoms with Gasteiger partial charge in [0.2, 0.25) is 11.9 Å². The molecule has 1 aliphatic heterocycles. The van der Waals surface area contributed by atoms with Crippen LogP contribution < -0.4 is 0 Å². The molecule has 0 saturated heterocycles. The van der Waals surface area contributed by atoms with Crippen LogP contribution in [0.4, 0.5) is 0 Å². The molecule has 1 heterocycles. The molecule has 4 nitrogen and oxygen atoms in total. The average Bonchev–Trinajstić information content (AvgIpc) is 2.47. The largest absolute Gasteiger partial charge is 0.443 e. The summed E-state index contributed by atoms with van der Waals surface area (Å²) in [6.07, 6.45) is 0.967.